The summed E-state index contributed by atoms with van der Waals surface area (Å²) < 4.78 is 3.01. The van der Waals surface area contributed by atoms with Crippen molar-refractivity contribution in [3.8, 4) is 0 Å². The fraction of sp³-hybridized carbons (Fsp3) is 0.167. The molecule has 0 fully saturated rings. The second-order valence-corrected chi connectivity index (χ2v) is 4.62. The second-order valence-electron chi connectivity index (χ2n) is 3.74. The maximum atomic E-state index is 11.4. The van der Waals surface area contributed by atoms with Crippen molar-refractivity contribution in [2.24, 2.45) is 0 Å². The molecule has 88 valence electrons. The Hall–Kier alpha value is -1.75. The maximum absolute atomic E-state index is 11.4. The Balaban J connectivity index is 2.32. The molecular weight excluding hydrogens is 238 g/mol. The van der Waals surface area contributed by atoms with Crippen LogP contribution in [0.1, 0.15) is 24.0 Å². The van der Waals surface area contributed by atoms with Gasteiger partial charge in [-0.05, 0) is 41.3 Å². The molecule has 1 heterocycles. The number of carbonyl (C=O) groups is 2. The Bertz CT molecular complexity index is 510. The summed E-state index contributed by atoms with van der Waals surface area (Å²) in [5.74, 6) is -2.79. The highest BCUT2D eigenvalue weighted by Gasteiger charge is 2.22. The van der Waals surface area contributed by atoms with E-state index in [9.17, 15) is 9.59 Å². The third-order valence-corrected chi connectivity index (χ3v) is 3.48. The monoisotopic (exact) mass is 249 g/mol. The van der Waals surface area contributed by atoms with Gasteiger partial charge in [0.15, 0.2) is 0 Å². The minimum Gasteiger partial charge on any atom is -0.475 e. The molecule has 4 nitrogen and oxygen atoms in total. The van der Waals surface area contributed by atoms with Crippen molar-refractivity contribution in [3.63, 3.8) is 0 Å². The van der Waals surface area contributed by atoms with Gasteiger partial charge in [0.2, 0.25) is 5.78 Å². The van der Waals surface area contributed by atoms with Crippen molar-refractivity contribution in [2.75, 3.05) is 0 Å². The van der Waals surface area contributed by atoms with E-state index in [0.717, 1.165) is 16.0 Å². The zero-order valence-corrected chi connectivity index (χ0v) is 9.95. The average molecular weight is 249 g/mol. The molecule has 1 aliphatic rings. The van der Waals surface area contributed by atoms with Crippen molar-refractivity contribution in [1.29, 1.82) is 0 Å². The van der Waals surface area contributed by atoms with Crippen LogP contribution in [-0.2, 0) is 9.59 Å². The highest BCUT2D eigenvalue weighted by atomic mass is 32.2. The molecule has 17 heavy (non-hydrogen) atoms. The number of ketones is 1. The summed E-state index contributed by atoms with van der Waals surface area (Å²) in [5, 5.41) is 8.67. The van der Waals surface area contributed by atoms with E-state index in [-0.39, 0.29) is 0 Å². The number of nitrogens with one attached hydrogen (secondary N) is 1. The quantitative estimate of drug-likeness (QED) is 0.633. The van der Waals surface area contributed by atoms with E-state index >= 15 is 0 Å². The summed E-state index contributed by atoms with van der Waals surface area (Å²) in [6.45, 7) is 1.61. The largest absolute Gasteiger partial charge is 0.475 e. The van der Waals surface area contributed by atoms with Crippen LogP contribution in [0.4, 0.5) is 0 Å². The van der Waals surface area contributed by atoms with E-state index < -0.39 is 17.7 Å². The van der Waals surface area contributed by atoms with Gasteiger partial charge in [-0.3, -0.25) is 4.79 Å². The molecule has 2 rings (SSSR count). The van der Waals surface area contributed by atoms with Crippen LogP contribution in [0.15, 0.2) is 29.3 Å². The molecule has 0 spiro atoms. The van der Waals surface area contributed by atoms with Gasteiger partial charge in [-0.1, -0.05) is 13.0 Å². The van der Waals surface area contributed by atoms with Crippen LogP contribution in [-0.4, -0.2) is 16.9 Å². The third-order valence-electron chi connectivity index (χ3n) is 2.64. The zero-order valence-electron chi connectivity index (χ0n) is 9.14. The number of carboxylic acids is 1. The summed E-state index contributed by atoms with van der Waals surface area (Å²) in [6, 6.07) is 5.53. The van der Waals surface area contributed by atoms with Crippen LogP contribution in [0.2, 0.25) is 0 Å². The Morgan fingerprint density at radius 2 is 2.18 bits per heavy atom. The van der Waals surface area contributed by atoms with Crippen molar-refractivity contribution < 1.29 is 14.7 Å². The van der Waals surface area contributed by atoms with Crippen molar-refractivity contribution >= 4 is 29.8 Å². The van der Waals surface area contributed by atoms with Gasteiger partial charge >= 0.3 is 5.97 Å². The first-order valence-corrected chi connectivity index (χ1v) is 5.91. The smallest absolute Gasteiger partial charge is 0.372 e. The molecule has 1 atom stereocenters. The first-order valence-electron chi connectivity index (χ1n) is 5.09. The van der Waals surface area contributed by atoms with Gasteiger partial charge < -0.3 is 9.83 Å². The minimum atomic E-state index is -1.39. The average Bonchev–Trinajstić information content (AvgIpc) is 2.36. The van der Waals surface area contributed by atoms with Crippen LogP contribution in [0.3, 0.4) is 0 Å². The lowest BCUT2D eigenvalue weighted by molar-refractivity contribution is -0.149. The summed E-state index contributed by atoms with van der Waals surface area (Å²) in [4.78, 5) is 23.1. The molecule has 1 aromatic rings. The topological polar surface area (TPSA) is 66.4 Å². The summed E-state index contributed by atoms with van der Waals surface area (Å²) in [7, 11) is 0. The molecule has 2 N–H and O–H groups in total. The van der Waals surface area contributed by atoms with Crippen LogP contribution in [0.5, 0.6) is 0 Å². The van der Waals surface area contributed by atoms with E-state index in [1.807, 2.05) is 18.2 Å². The standard InChI is InChI=1S/C12H11NO3S/c1-7(11(14)12(15)16)8-2-3-10-9(6-8)4-5-13-17-10/h2-7,13H,1H3,(H,15,16). The fourth-order valence-electron chi connectivity index (χ4n) is 1.62. The lowest BCUT2D eigenvalue weighted by atomic mass is 9.95. The number of hydrogen-bond donors (Lipinski definition) is 2. The van der Waals surface area contributed by atoms with E-state index in [1.54, 1.807) is 19.2 Å². The highest BCUT2D eigenvalue weighted by molar-refractivity contribution is 7.97. The second kappa shape index (κ2) is 4.63. The Morgan fingerprint density at radius 1 is 1.41 bits per heavy atom. The van der Waals surface area contributed by atoms with Gasteiger partial charge in [-0.15, -0.1) is 0 Å². The van der Waals surface area contributed by atoms with E-state index in [2.05, 4.69) is 4.72 Å². The van der Waals surface area contributed by atoms with E-state index in [0.29, 0.717) is 0 Å². The van der Waals surface area contributed by atoms with Gasteiger partial charge in [0.1, 0.15) is 0 Å². The minimum absolute atomic E-state index is 0.619. The third kappa shape index (κ3) is 2.34. The van der Waals surface area contributed by atoms with Crippen LogP contribution >= 0.6 is 11.9 Å². The molecule has 0 bridgehead atoms. The highest BCUT2D eigenvalue weighted by Crippen LogP contribution is 2.28. The van der Waals surface area contributed by atoms with Gasteiger partial charge in [0.25, 0.3) is 0 Å². The van der Waals surface area contributed by atoms with Gasteiger partial charge in [0.05, 0.1) is 5.92 Å². The molecule has 0 aromatic heterocycles. The lowest BCUT2D eigenvalue weighted by Crippen LogP contribution is -2.19. The molecule has 1 aliphatic heterocycles. The number of Topliss-reactive ketones (excluding diaryl/α,β-unsaturated/α-hetero) is 1. The predicted molar refractivity (Wildman–Crippen MR) is 65.5 cm³/mol. The normalized spacial score (nSPS) is 14.6. The van der Waals surface area contributed by atoms with Crippen LogP contribution < -0.4 is 4.72 Å². The number of fused-ring (bicyclic) bond motifs is 1. The first-order chi connectivity index (χ1) is 8.09. The number of rotatable bonds is 3. The Kier molecular flexibility index (Phi) is 3.19. The van der Waals surface area contributed by atoms with E-state index in [4.69, 9.17) is 5.11 Å². The molecule has 1 aromatic carbocycles. The van der Waals surface area contributed by atoms with Crippen LogP contribution in [0, 0.1) is 0 Å². The number of carbonyl (C=O) groups excluding carboxylic acids is 1. The zero-order chi connectivity index (χ0) is 12.4. The summed E-state index contributed by atoms with van der Waals surface area (Å²) >= 11 is 1.49. The maximum Gasteiger partial charge on any atom is 0.372 e. The van der Waals surface area contributed by atoms with Crippen molar-refractivity contribution in [2.45, 2.75) is 17.7 Å². The molecule has 0 saturated carbocycles. The Labute approximate surface area is 103 Å². The van der Waals surface area contributed by atoms with Crippen molar-refractivity contribution in [3.05, 3.63) is 35.5 Å². The van der Waals surface area contributed by atoms with Crippen LogP contribution in [0.25, 0.3) is 6.08 Å². The summed E-state index contributed by atoms with van der Waals surface area (Å²) in [6.07, 6.45) is 3.70. The molecular formula is C12H11NO3S. The summed E-state index contributed by atoms with van der Waals surface area (Å²) in [5.41, 5.74) is 1.72. The van der Waals surface area contributed by atoms with Crippen molar-refractivity contribution in [1.82, 2.24) is 4.72 Å². The number of aliphatic carboxylic acids is 1. The number of benzene rings is 1. The first kappa shape index (κ1) is 11.7. The predicted octanol–water partition coefficient (Wildman–Crippen LogP) is 2.02. The van der Waals surface area contributed by atoms with Gasteiger partial charge in [-0.25, -0.2) is 4.79 Å². The number of carboxylic acid groups (broad SMARTS) is 1. The van der Waals surface area contributed by atoms with E-state index in [1.165, 1.54) is 11.9 Å². The molecule has 0 aliphatic carbocycles. The molecule has 5 heteroatoms. The molecule has 0 saturated heterocycles. The molecule has 0 radical (unpaired) electrons. The molecule has 0 amide bonds. The van der Waals surface area contributed by atoms with Gasteiger partial charge in [-0.2, -0.15) is 0 Å². The van der Waals surface area contributed by atoms with Gasteiger partial charge in [0, 0.05) is 11.1 Å². The Morgan fingerprint density at radius 3 is 2.88 bits per heavy atom. The SMILES string of the molecule is CC(C(=O)C(=O)O)c1ccc2c(c1)C=CNS2. The molecule has 1 unspecified atom stereocenters. The number of hydrogen-bond acceptors (Lipinski definition) is 4. The fourth-order valence-corrected chi connectivity index (χ4v) is 2.26. The lowest BCUT2D eigenvalue weighted by Gasteiger charge is -2.14.